The Labute approximate surface area is 172 Å². The lowest BCUT2D eigenvalue weighted by Crippen LogP contribution is -2.41. The minimum Gasteiger partial charge on any atom is -0.375 e. The van der Waals surface area contributed by atoms with Crippen molar-refractivity contribution in [3.05, 3.63) is 17.1 Å². The number of methoxy groups -OCH3 is 1. The summed E-state index contributed by atoms with van der Waals surface area (Å²) in [4.78, 5) is 38.7. The van der Waals surface area contributed by atoms with Gasteiger partial charge in [0.05, 0.1) is 6.04 Å². The average Bonchev–Trinajstić information content (AvgIpc) is 3.21. The molecule has 158 valence electrons. The molecule has 0 N–H and O–H groups in total. The lowest BCUT2D eigenvalue weighted by atomic mass is 9.88. The summed E-state index contributed by atoms with van der Waals surface area (Å²) in [6.45, 7) is 3.55. The first-order valence-electron chi connectivity index (χ1n) is 11.0. The molecule has 4 rings (SSSR count). The Morgan fingerprint density at radius 1 is 1.10 bits per heavy atom. The third-order valence-electron chi connectivity index (χ3n) is 6.66. The van der Waals surface area contributed by atoms with Crippen molar-refractivity contribution >= 4 is 17.6 Å². The van der Waals surface area contributed by atoms with Crippen LogP contribution in [0.5, 0.6) is 0 Å². The lowest BCUT2D eigenvalue weighted by molar-refractivity contribution is -0.136. The van der Waals surface area contributed by atoms with E-state index in [1.165, 1.54) is 39.2 Å². The van der Waals surface area contributed by atoms with E-state index in [9.17, 15) is 9.59 Å². The SMILES string of the molecule is COCC(=O)N1CCCC1c1nc(C)c2c(n1)N(CC1CCCCC1)C(=O)CC2. The van der Waals surface area contributed by atoms with Crippen molar-refractivity contribution in [3.63, 3.8) is 0 Å². The Morgan fingerprint density at radius 3 is 2.66 bits per heavy atom. The molecule has 1 atom stereocenters. The van der Waals surface area contributed by atoms with Crippen molar-refractivity contribution in [2.75, 3.05) is 31.7 Å². The van der Waals surface area contributed by atoms with Crippen molar-refractivity contribution in [3.8, 4) is 0 Å². The van der Waals surface area contributed by atoms with Crippen LogP contribution in [-0.2, 0) is 20.7 Å². The number of carbonyl (C=O) groups excluding carboxylic acids is 2. The summed E-state index contributed by atoms with van der Waals surface area (Å²) >= 11 is 0. The van der Waals surface area contributed by atoms with Gasteiger partial charge in [-0.1, -0.05) is 19.3 Å². The van der Waals surface area contributed by atoms with Gasteiger partial charge in [0.15, 0.2) is 5.82 Å². The zero-order chi connectivity index (χ0) is 20.4. The summed E-state index contributed by atoms with van der Waals surface area (Å²) in [6.07, 6.45) is 9.23. The smallest absolute Gasteiger partial charge is 0.249 e. The van der Waals surface area contributed by atoms with Gasteiger partial charge in [-0.3, -0.25) is 14.5 Å². The number of ether oxygens (including phenoxy) is 1. The molecule has 7 nitrogen and oxygen atoms in total. The predicted molar refractivity (Wildman–Crippen MR) is 110 cm³/mol. The first-order chi connectivity index (χ1) is 14.1. The maximum Gasteiger partial charge on any atom is 0.249 e. The van der Waals surface area contributed by atoms with Crippen LogP contribution in [0.1, 0.15) is 74.5 Å². The summed E-state index contributed by atoms with van der Waals surface area (Å²) in [5.74, 6) is 2.17. The molecule has 3 heterocycles. The van der Waals surface area contributed by atoms with Crippen LogP contribution in [0, 0.1) is 12.8 Å². The molecule has 2 fully saturated rings. The van der Waals surface area contributed by atoms with E-state index < -0.39 is 0 Å². The van der Waals surface area contributed by atoms with Gasteiger partial charge in [-0.25, -0.2) is 9.97 Å². The van der Waals surface area contributed by atoms with Crippen LogP contribution < -0.4 is 4.90 Å². The molecule has 0 radical (unpaired) electrons. The Bertz CT molecular complexity index is 776. The Balaban J connectivity index is 1.64. The van der Waals surface area contributed by atoms with E-state index in [1.807, 2.05) is 16.7 Å². The second-order valence-electron chi connectivity index (χ2n) is 8.66. The molecular formula is C22H32N4O3. The van der Waals surface area contributed by atoms with Gasteiger partial charge in [0.2, 0.25) is 11.8 Å². The number of hydrogen-bond acceptors (Lipinski definition) is 5. The molecule has 1 aliphatic carbocycles. The number of likely N-dealkylation sites (tertiary alicyclic amines) is 1. The zero-order valence-corrected chi connectivity index (χ0v) is 17.7. The Hall–Kier alpha value is -2.02. The molecular weight excluding hydrogens is 368 g/mol. The standard InChI is InChI=1S/C22H32N4O3/c1-15-17-10-11-19(27)26(13-16-7-4-3-5-8-16)22(17)24-21(23-15)18-9-6-12-25(18)20(28)14-29-2/h16,18H,3-14H2,1-2H3. The second kappa shape index (κ2) is 8.78. The first kappa shape index (κ1) is 20.3. The number of anilines is 1. The normalized spacial score (nSPS) is 22.8. The van der Waals surface area contributed by atoms with Gasteiger partial charge in [0.25, 0.3) is 0 Å². The van der Waals surface area contributed by atoms with Crippen LogP contribution in [0.25, 0.3) is 0 Å². The van der Waals surface area contributed by atoms with Crippen LogP contribution in [0.2, 0.25) is 0 Å². The number of fused-ring (bicyclic) bond motifs is 1. The molecule has 0 bridgehead atoms. The van der Waals surface area contributed by atoms with E-state index in [2.05, 4.69) is 0 Å². The molecule has 2 amide bonds. The maximum absolute atomic E-state index is 12.8. The third kappa shape index (κ3) is 4.15. The maximum atomic E-state index is 12.8. The van der Waals surface area contributed by atoms with Gasteiger partial charge in [0, 0.05) is 37.9 Å². The number of rotatable bonds is 5. The van der Waals surface area contributed by atoms with Gasteiger partial charge in [-0.05, 0) is 44.9 Å². The molecule has 2 aliphatic heterocycles. The van der Waals surface area contributed by atoms with Crippen LogP contribution in [0.4, 0.5) is 5.82 Å². The Kier molecular flexibility index (Phi) is 6.13. The molecule has 3 aliphatic rings. The summed E-state index contributed by atoms with van der Waals surface area (Å²) < 4.78 is 5.05. The molecule has 1 saturated carbocycles. The summed E-state index contributed by atoms with van der Waals surface area (Å²) in [5, 5.41) is 0. The molecule has 0 aromatic carbocycles. The monoisotopic (exact) mass is 400 g/mol. The number of hydrogen-bond donors (Lipinski definition) is 0. The highest BCUT2D eigenvalue weighted by molar-refractivity contribution is 5.95. The predicted octanol–water partition coefficient (Wildman–Crippen LogP) is 2.95. The van der Waals surface area contributed by atoms with Gasteiger partial charge in [-0.15, -0.1) is 0 Å². The number of amides is 2. The largest absolute Gasteiger partial charge is 0.375 e. The topological polar surface area (TPSA) is 75.6 Å². The average molecular weight is 401 g/mol. The van der Waals surface area contributed by atoms with E-state index in [0.717, 1.165) is 36.5 Å². The second-order valence-corrected chi connectivity index (χ2v) is 8.66. The molecule has 1 aromatic rings. The van der Waals surface area contributed by atoms with Crippen molar-refractivity contribution in [2.24, 2.45) is 5.92 Å². The van der Waals surface area contributed by atoms with E-state index in [-0.39, 0.29) is 24.5 Å². The van der Waals surface area contributed by atoms with E-state index in [4.69, 9.17) is 14.7 Å². The molecule has 1 saturated heterocycles. The highest BCUT2D eigenvalue weighted by Gasteiger charge is 2.35. The highest BCUT2D eigenvalue weighted by Crippen LogP contribution is 2.35. The van der Waals surface area contributed by atoms with Crippen molar-refractivity contribution in [1.29, 1.82) is 0 Å². The lowest BCUT2D eigenvalue weighted by Gasteiger charge is -2.34. The van der Waals surface area contributed by atoms with Crippen molar-refractivity contribution in [2.45, 2.75) is 70.8 Å². The van der Waals surface area contributed by atoms with Gasteiger partial charge >= 0.3 is 0 Å². The summed E-state index contributed by atoms with van der Waals surface area (Å²) in [7, 11) is 1.54. The van der Waals surface area contributed by atoms with Gasteiger partial charge in [0.1, 0.15) is 12.4 Å². The first-order valence-corrected chi connectivity index (χ1v) is 11.0. The fourth-order valence-electron chi connectivity index (χ4n) is 5.11. The number of aromatic nitrogens is 2. The number of carbonyl (C=O) groups is 2. The van der Waals surface area contributed by atoms with E-state index in [0.29, 0.717) is 31.1 Å². The van der Waals surface area contributed by atoms with Crippen LogP contribution >= 0.6 is 0 Å². The van der Waals surface area contributed by atoms with Gasteiger partial charge < -0.3 is 9.64 Å². The minimum atomic E-state index is -0.129. The molecule has 1 aromatic heterocycles. The number of nitrogens with zero attached hydrogens (tertiary/aromatic N) is 4. The molecule has 7 heteroatoms. The Morgan fingerprint density at radius 2 is 1.90 bits per heavy atom. The van der Waals surface area contributed by atoms with Crippen molar-refractivity contribution in [1.82, 2.24) is 14.9 Å². The molecule has 1 unspecified atom stereocenters. The van der Waals surface area contributed by atoms with Crippen LogP contribution in [0.15, 0.2) is 0 Å². The zero-order valence-electron chi connectivity index (χ0n) is 17.7. The fraction of sp³-hybridized carbons (Fsp3) is 0.727. The quantitative estimate of drug-likeness (QED) is 0.760. The van der Waals surface area contributed by atoms with E-state index >= 15 is 0 Å². The fourth-order valence-corrected chi connectivity index (χ4v) is 5.11. The minimum absolute atomic E-state index is 0.0240. The van der Waals surface area contributed by atoms with Crippen LogP contribution in [0.3, 0.4) is 0 Å². The summed E-state index contributed by atoms with van der Waals surface area (Å²) in [6, 6.07) is -0.129. The van der Waals surface area contributed by atoms with Gasteiger partial charge in [-0.2, -0.15) is 0 Å². The summed E-state index contributed by atoms with van der Waals surface area (Å²) in [5.41, 5.74) is 2.04. The molecule has 29 heavy (non-hydrogen) atoms. The molecule has 0 spiro atoms. The third-order valence-corrected chi connectivity index (χ3v) is 6.66. The van der Waals surface area contributed by atoms with Crippen molar-refractivity contribution < 1.29 is 14.3 Å². The van der Waals surface area contributed by atoms with E-state index in [1.54, 1.807) is 0 Å². The van der Waals surface area contributed by atoms with Crippen LogP contribution in [-0.4, -0.2) is 53.5 Å². The highest BCUT2D eigenvalue weighted by atomic mass is 16.5. The number of aryl methyl sites for hydroxylation is 1.